The Labute approximate surface area is 120 Å². The molecule has 0 bridgehead atoms. The van der Waals surface area contributed by atoms with Crippen molar-refractivity contribution in [2.45, 2.75) is 50.6 Å². The van der Waals surface area contributed by atoms with E-state index < -0.39 is 12.2 Å². The van der Waals surface area contributed by atoms with Crippen molar-refractivity contribution >= 4 is 0 Å². The van der Waals surface area contributed by atoms with E-state index in [1.807, 2.05) is 30.3 Å². The van der Waals surface area contributed by atoms with Crippen LogP contribution in [0.5, 0.6) is 0 Å². The largest absolute Gasteiger partial charge is 0.390 e. The highest BCUT2D eigenvalue weighted by atomic mass is 16.7. The molecule has 2 rings (SSSR count). The number of ether oxygens (including phenoxy) is 2. The van der Waals surface area contributed by atoms with E-state index >= 15 is 0 Å². The summed E-state index contributed by atoms with van der Waals surface area (Å²) in [6.45, 7) is 0.845. The molecule has 1 aliphatic heterocycles. The van der Waals surface area contributed by atoms with Crippen LogP contribution >= 0.6 is 0 Å². The van der Waals surface area contributed by atoms with Gasteiger partial charge < -0.3 is 19.7 Å². The van der Waals surface area contributed by atoms with Crippen molar-refractivity contribution in [1.82, 2.24) is 0 Å². The molecule has 4 nitrogen and oxygen atoms in total. The van der Waals surface area contributed by atoms with E-state index in [-0.39, 0.29) is 12.9 Å². The Morgan fingerprint density at radius 3 is 2.65 bits per heavy atom. The number of aliphatic hydroxyl groups is 2. The molecule has 0 amide bonds. The quantitative estimate of drug-likeness (QED) is 0.800. The lowest BCUT2D eigenvalue weighted by Crippen LogP contribution is -2.34. The van der Waals surface area contributed by atoms with E-state index in [2.05, 4.69) is 0 Å². The zero-order valence-electron chi connectivity index (χ0n) is 11.8. The fourth-order valence-corrected chi connectivity index (χ4v) is 2.31. The van der Waals surface area contributed by atoms with E-state index in [4.69, 9.17) is 9.47 Å². The van der Waals surface area contributed by atoms with Gasteiger partial charge in [0.1, 0.15) is 6.10 Å². The molecule has 112 valence electrons. The van der Waals surface area contributed by atoms with Crippen molar-refractivity contribution in [2.75, 3.05) is 13.2 Å². The average molecular weight is 280 g/mol. The van der Waals surface area contributed by atoms with Crippen molar-refractivity contribution in [3.05, 3.63) is 35.9 Å². The predicted octanol–water partition coefficient (Wildman–Crippen LogP) is 1.88. The Morgan fingerprint density at radius 2 is 1.95 bits per heavy atom. The molecule has 0 aromatic heterocycles. The first kappa shape index (κ1) is 15.4. The van der Waals surface area contributed by atoms with E-state index in [9.17, 15) is 10.2 Å². The van der Waals surface area contributed by atoms with Crippen molar-refractivity contribution < 1.29 is 19.7 Å². The minimum Gasteiger partial charge on any atom is -0.390 e. The molecule has 0 radical (unpaired) electrons. The van der Waals surface area contributed by atoms with Gasteiger partial charge >= 0.3 is 0 Å². The first-order valence-corrected chi connectivity index (χ1v) is 7.39. The number of hydrogen-bond acceptors (Lipinski definition) is 4. The second-order valence-electron chi connectivity index (χ2n) is 5.29. The van der Waals surface area contributed by atoms with Crippen LogP contribution in [0.15, 0.2) is 30.3 Å². The minimum absolute atomic E-state index is 0.126. The summed E-state index contributed by atoms with van der Waals surface area (Å²) >= 11 is 0. The molecule has 0 aliphatic carbocycles. The third-order valence-electron chi connectivity index (χ3n) is 3.61. The number of benzene rings is 1. The highest BCUT2D eigenvalue weighted by molar-refractivity contribution is 5.14. The molecule has 3 atom stereocenters. The topological polar surface area (TPSA) is 58.9 Å². The lowest BCUT2D eigenvalue weighted by atomic mass is 10.0. The molecule has 1 unspecified atom stereocenters. The lowest BCUT2D eigenvalue weighted by Gasteiger charge is -2.25. The zero-order chi connectivity index (χ0) is 14.2. The maximum absolute atomic E-state index is 9.94. The van der Waals surface area contributed by atoms with Crippen LogP contribution in [0.2, 0.25) is 0 Å². The minimum atomic E-state index is -0.857. The number of aliphatic hydroxyl groups excluding tert-OH is 2. The third kappa shape index (κ3) is 5.21. The number of rotatable bonds is 7. The van der Waals surface area contributed by atoms with E-state index in [0.29, 0.717) is 6.42 Å². The Kier molecular flexibility index (Phi) is 6.47. The summed E-state index contributed by atoms with van der Waals surface area (Å²) in [6, 6.07) is 9.95. The van der Waals surface area contributed by atoms with Gasteiger partial charge in [0.2, 0.25) is 0 Å². The smallest absolute Gasteiger partial charge is 0.157 e. The molecule has 1 aromatic rings. The standard InChI is InChI=1S/C16H24O4/c17-14(10-9-13-6-2-1-3-7-13)15(18)12-20-16-8-4-5-11-19-16/h1-3,6-7,14-18H,4-5,8-12H2/t14-,15+,16?/m0/s1. The average Bonchev–Trinajstić information content (AvgIpc) is 2.52. The zero-order valence-corrected chi connectivity index (χ0v) is 11.8. The van der Waals surface area contributed by atoms with Crippen molar-refractivity contribution in [3.63, 3.8) is 0 Å². The summed E-state index contributed by atoms with van der Waals surface area (Å²) in [5, 5.41) is 19.8. The number of aryl methyl sites for hydroxylation is 1. The maximum atomic E-state index is 9.94. The highest BCUT2D eigenvalue weighted by Gasteiger charge is 2.20. The molecule has 2 N–H and O–H groups in total. The number of hydrogen-bond donors (Lipinski definition) is 2. The summed E-state index contributed by atoms with van der Waals surface area (Å²) in [5.74, 6) is 0. The molecule has 20 heavy (non-hydrogen) atoms. The highest BCUT2D eigenvalue weighted by Crippen LogP contribution is 2.15. The van der Waals surface area contributed by atoms with Gasteiger partial charge in [-0.3, -0.25) is 0 Å². The molecular formula is C16H24O4. The van der Waals surface area contributed by atoms with Gasteiger partial charge in [0.25, 0.3) is 0 Å². The Morgan fingerprint density at radius 1 is 1.15 bits per heavy atom. The van der Waals surface area contributed by atoms with Crippen LogP contribution in [0, 0.1) is 0 Å². The summed E-state index contributed by atoms with van der Waals surface area (Å²) < 4.78 is 10.9. The predicted molar refractivity (Wildman–Crippen MR) is 76.3 cm³/mol. The van der Waals surface area contributed by atoms with Gasteiger partial charge in [0.05, 0.1) is 12.7 Å². The van der Waals surface area contributed by atoms with Crippen LogP contribution in [0.4, 0.5) is 0 Å². The molecule has 1 saturated heterocycles. The molecular weight excluding hydrogens is 256 g/mol. The molecule has 4 heteroatoms. The van der Waals surface area contributed by atoms with Gasteiger partial charge in [-0.25, -0.2) is 0 Å². The fraction of sp³-hybridized carbons (Fsp3) is 0.625. The Bertz CT molecular complexity index is 362. The SMILES string of the molecule is O[C@H](COC1CCCCO1)[C@@H](O)CCc1ccccc1. The fourth-order valence-electron chi connectivity index (χ4n) is 2.31. The molecule has 0 saturated carbocycles. The van der Waals surface area contributed by atoms with Gasteiger partial charge in [-0.15, -0.1) is 0 Å². The molecule has 0 spiro atoms. The normalized spacial score (nSPS) is 22.4. The van der Waals surface area contributed by atoms with Crippen LogP contribution in [0.3, 0.4) is 0 Å². The van der Waals surface area contributed by atoms with Crippen LogP contribution in [0.25, 0.3) is 0 Å². The van der Waals surface area contributed by atoms with Crippen LogP contribution in [-0.2, 0) is 15.9 Å². The van der Waals surface area contributed by atoms with E-state index in [0.717, 1.165) is 37.9 Å². The summed E-state index contributed by atoms with van der Waals surface area (Å²) in [5.41, 5.74) is 1.16. The van der Waals surface area contributed by atoms with Crippen molar-refractivity contribution in [3.8, 4) is 0 Å². The summed E-state index contributed by atoms with van der Waals surface area (Å²) in [4.78, 5) is 0. The van der Waals surface area contributed by atoms with Crippen LogP contribution in [-0.4, -0.2) is 41.9 Å². The van der Waals surface area contributed by atoms with Gasteiger partial charge in [-0.2, -0.15) is 0 Å². The summed E-state index contributed by atoms with van der Waals surface area (Å²) in [6.07, 6.45) is 2.47. The Hall–Kier alpha value is -0.940. The maximum Gasteiger partial charge on any atom is 0.157 e. The van der Waals surface area contributed by atoms with Crippen LogP contribution < -0.4 is 0 Å². The Balaban J connectivity index is 1.65. The van der Waals surface area contributed by atoms with Crippen LogP contribution in [0.1, 0.15) is 31.2 Å². The van der Waals surface area contributed by atoms with Gasteiger partial charge in [0.15, 0.2) is 6.29 Å². The van der Waals surface area contributed by atoms with Gasteiger partial charge in [-0.05, 0) is 37.7 Å². The van der Waals surface area contributed by atoms with E-state index in [1.165, 1.54) is 0 Å². The molecule has 1 aliphatic rings. The summed E-state index contributed by atoms with van der Waals surface area (Å²) in [7, 11) is 0. The van der Waals surface area contributed by atoms with Crippen molar-refractivity contribution in [1.29, 1.82) is 0 Å². The van der Waals surface area contributed by atoms with E-state index in [1.54, 1.807) is 0 Å². The molecule has 1 heterocycles. The second-order valence-corrected chi connectivity index (χ2v) is 5.29. The van der Waals surface area contributed by atoms with Gasteiger partial charge in [0, 0.05) is 6.61 Å². The van der Waals surface area contributed by atoms with Crippen molar-refractivity contribution in [2.24, 2.45) is 0 Å². The lowest BCUT2D eigenvalue weighted by molar-refractivity contribution is -0.183. The third-order valence-corrected chi connectivity index (χ3v) is 3.61. The second kappa shape index (κ2) is 8.37. The first-order valence-electron chi connectivity index (χ1n) is 7.39. The molecule has 1 fully saturated rings. The molecule has 1 aromatic carbocycles. The van der Waals surface area contributed by atoms with Gasteiger partial charge in [-0.1, -0.05) is 30.3 Å². The first-order chi connectivity index (χ1) is 9.75. The monoisotopic (exact) mass is 280 g/mol.